The summed E-state index contributed by atoms with van der Waals surface area (Å²) in [6.45, 7) is 1.48. The van der Waals surface area contributed by atoms with Crippen molar-refractivity contribution in [1.82, 2.24) is 14.8 Å². The Balaban J connectivity index is 2.13. The number of carbonyl (C=O) groups is 1. The summed E-state index contributed by atoms with van der Waals surface area (Å²) in [4.78, 5) is 20.1. The van der Waals surface area contributed by atoms with Crippen molar-refractivity contribution in [1.29, 1.82) is 0 Å². The fourth-order valence-electron chi connectivity index (χ4n) is 2.09. The van der Waals surface area contributed by atoms with Gasteiger partial charge in [-0.15, -0.1) is 0 Å². The molecule has 18 heavy (non-hydrogen) atoms. The normalized spacial score (nSPS) is 19.6. The van der Waals surface area contributed by atoms with Crippen molar-refractivity contribution in [2.24, 2.45) is 0 Å². The van der Waals surface area contributed by atoms with Crippen molar-refractivity contribution in [2.75, 3.05) is 27.2 Å². The van der Waals surface area contributed by atoms with Crippen LogP contribution in [-0.4, -0.2) is 53.9 Å². The molecular formula is C12H15Cl2N3O. The Morgan fingerprint density at radius 1 is 1.44 bits per heavy atom. The molecule has 0 bridgehead atoms. The van der Waals surface area contributed by atoms with Crippen LogP contribution in [0.3, 0.4) is 0 Å². The van der Waals surface area contributed by atoms with Gasteiger partial charge >= 0.3 is 0 Å². The molecule has 4 nitrogen and oxygen atoms in total. The van der Waals surface area contributed by atoms with Gasteiger partial charge in [-0.25, -0.2) is 4.98 Å². The van der Waals surface area contributed by atoms with E-state index in [0.717, 1.165) is 19.5 Å². The van der Waals surface area contributed by atoms with Gasteiger partial charge in [0.05, 0.1) is 5.56 Å². The third-order valence-corrected chi connectivity index (χ3v) is 3.72. The first kappa shape index (κ1) is 13.6. The molecule has 1 fully saturated rings. The Bertz CT molecular complexity index is 465. The monoisotopic (exact) mass is 287 g/mol. The van der Waals surface area contributed by atoms with Crippen LogP contribution in [0.1, 0.15) is 16.8 Å². The maximum Gasteiger partial charge on any atom is 0.257 e. The van der Waals surface area contributed by atoms with Crippen LogP contribution in [-0.2, 0) is 0 Å². The Morgan fingerprint density at radius 3 is 2.72 bits per heavy atom. The number of halogens is 2. The highest BCUT2D eigenvalue weighted by molar-refractivity contribution is 6.34. The van der Waals surface area contributed by atoms with Crippen LogP contribution < -0.4 is 0 Å². The number of aromatic nitrogens is 1. The van der Waals surface area contributed by atoms with Crippen LogP contribution in [0, 0.1) is 0 Å². The largest absolute Gasteiger partial charge is 0.337 e. The molecular weight excluding hydrogens is 273 g/mol. The predicted octanol–water partition coefficient (Wildman–Crippen LogP) is 2.16. The SMILES string of the molecule is CN(C)C1CCN(C(=O)c2ccc(Cl)nc2Cl)C1. The highest BCUT2D eigenvalue weighted by Crippen LogP contribution is 2.21. The van der Waals surface area contributed by atoms with Crippen LogP contribution in [0.5, 0.6) is 0 Å². The summed E-state index contributed by atoms with van der Waals surface area (Å²) < 4.78 is 0. The van der Waals surface area contributed by atoms with Gasteiger partial charge in [-0.3, -0.25) is 4.79 Å². The van der Waals surface area contributed by atoms with Crippen LogP contribution >= 0.6 is 23.2 Å². The Morgan fingerprint density at radius 2 is 2.17 bits per heavy atom. The molecule has 0 aliphatic carbocycles. The third-order valence-electron chi connectivity index (χ3n) is 3.23. The second-order valence-corrected chi connectivity index (χ2v) is 5.37. The van der Waals surface area contributed by atoms with E-state index < -0.39 is 0 Å². The number of hydrogen-bond donors (Lipinski definition) is 0. The van der Waals surface area contributed by atoms with E-state index >= 15 is 0 Å². The van der Waals surface area contributed by atoms with E-state index in [0.29, 0.717) is 16.8 Å². The van der Waals surface area contributed by atoms with Gasteiger partial charge in [-0.2, -0.15) is 0 Å². The highest BCUT2D eigenvalue weighted by atomic mass is 35.5. The predicted molar refractivity (Wildman–Crippen MR) is 72.3 cm³/mol. The molecule has 1 aliphatic rings. The Hall–Kier alpha value is -0.840. The molecule has 1 aromatic heterocycles. The molecule has 2 heterocycles. The van der Waals surface area contributed by atoms with Gasteiger partial charge in [0, 0.05) is 19.1 Å². The molecule has 1 aliphatic heterocycles. The van der Waals surface area contributed by atoms with E-state index in [1.54, 1.807) is 12.1 Å². The highest BCUT2D eigenvalue weighted by Gasteiger charge is 2.29. The minimum absolute atomic E-state index is 0.0754. The standard InChI is InChI=1S/C12H15Cl2N3O/c1-16(2)8-5-6-17(7-8)12(18)9-3-4-10(13)15-11(9)14/h3-4,8H,5-7H2,1-2H3. The summed E-state index contributed by atoms with van der Waals surface area (Å²) in [5.41, 5.74) is 0.417. The molecule has 6 heteroatoms. The first-order chi connectivity index (χ1) is 8.49. The maximum atomic E-state index is 12.3. The number of amides is 1. The molecule has 0 N–H and O–H groups in total. The first-order valence-electron chi connectivity index (χ1n) is 5.77. The number of rotatable bonds is 2. The number of nitrogens with zero attached hydrogens (tertiary/aromatic N) is 3. The Kier molecular flexibility index (Phi) is 4.10. The zero-order valence-electron chi connectivity index (χ0n) is 10.4. The first-order valence-corrected chi connectivity index (χ1v) is 6.52. The molecule has 0 aromatic carbocycles. The molecule has 1 unspecified atom stereocenters. The quantitative estimate of drug-likeness (QED) is 0.783. The molecule has 0 spiro atoms. The molecule has 98 valence electrons. The van der Waals surface area contributed by atoms with Crippen molar-refractivity contribution in [3.63, 3.8) is 0 Å². The fourth-order valence-corrected chi connectivity index (χ4v) is 2.52. The van der Waals surface area contributed by atoms with Crippen LogP contribution in [0.4, 0.5) is 0 Å². The minimum Gasteiger partial charge on any atom is -0.337 e. The van der Waals surface area contributed by atoms with Crippen molar-refractivity contribution in [2.45, 2.75) is 12.5 Å². The maximum absolute atomic E-state index is 12.3. The number of carbonyl (C=O) groups excluding carboxylic acids is 1. The van der Waals surface area contributed by atoms with E-state index in [4.69, 9.17) is 23.2 Å². The fraction of sp³-hybridized carbons (Fsp3) is 0.500. The van der Waals surface area contributed by atoms with E-state index in [1.807, 2.05) is 19.0 Å². The number of hydrogen-bond acceptors (Lipinski definition) is 3. The molecule has 1 atom stereocenters. The lowest BCUT2D eigenvalue weighted by molar-refractivity contribution is 0.0783. The average Bonchev–Trinajstić information content (AvgIpc) is 2.77. The van der Waals surface area contributed by atoms with Crippen LogP contribution in [0.2, 0.25) is 10.3 Å². The summed E-state index contributed by atoms with van der Waals surface area (Å²) in [5, 5.41) is 0.463. The summed E-state index contributed by atoms with van der Waals surface area (Å²) in [6.07, 6.45) is 0.984. The summed E-state index contributed by atoms with van der Waals surface area (Å²) in [6, 6.07) is 3.62. The number of likely N-dealkylation sites (N-methyl/N-ethyl adjacent to an activating group) is 1. The van der Waals surface area contributed by atoms with E-state index in [9.17, 15) is 4.79 Å². The Labute approximate surface area is 116 Å². The minimum atomic E-state index is -0.0754. The second kappa shape index (κ2) is 5.43. The second-order valence-electron chi connectivity index (χ2n) is 4.63. The van der Waals surface area contributed by atoms with Crippen LogP contribution in [0.25, 0.3) is 0 Å². The van der Waals surface area contributed by atoms with E-state index in [1.165, 1.54) is 0 Å². The van der Waals surface area contributed by atoms with Gasteiger partial charge in [0.25, 0.3) is 5.91 Å². The van der Waals surface area contributed by atoms with Gasteiger partial charge < -0.3 is 9.80 Å². The van der Waals surface area contributed by atoms with Gasteiger partial charge in [0.1, 0.15) is 10.3 Å². The zero-order chi connectivity index (χ0) is 13.3. The van der Waals surface area contributed by atoms with E-state index in [-0.39, 0.29) is 11.1 Å². The van der Waals surface area contributed by atoms with Crippen molar-refractivity contribution < 1.29 is 4.79 Å². The van der Waals surface area contributed by atoms with Crippen molar-refractivity contribution in [3.8, 4) is 0 Å². The summed E-state index contributed by atoms with van der Waals surface area (Å²) in [7, 11) is 4.05. The van der Waals surface area contributed by atoms with Gasteiger partial charge in [-0.1, -0.05) is 23.2 Å². The summed E-state index contributed by atoms with van der Waals surface area (Å²) >= 11 is 11.7. The van der Waals surface area contributed by atoms with Crippen molar-refractivity contribution in [3.05, 3.63) is 28.0 Å². The third kappa shape index (κ3) is 2.76. The smallest absolute Gasteiger partial charge is 0.257 e. The molecule has 0 saturated carbocycles. The number of pyridine rings is 1. The van der Waals surface area contributed by atoms with Crippen LogP contribution in [0.15, 0.2) is 12.1 Å². The summed E-state index contributed by atoms with van der Waals surface area (Å²) in [5.74, 6) is -0.0754. The molecule has 2 rings (SSSR count). The average molecular weight is 288 g/mol. The van der Waals surface area contributed by atoms with Crippen molar-refractivity contribution >= 4 is 29.1 Å². The topological polar surface area (TPSA) is 36.4 Å². The lowest BCUT2D eigenvalue weighted by Gasteiger charge is -2.20. The van der Waals surface area contributed by atoms with Gasteiger partial charge in [0.2, 0.25) is 0 Å². The molecule has 0 radical (unpaired) electrons. The zero-order valence-corrected chi connectivity index (χ0v) is 11.9. The lowest BCUT2D eigenvalue weighted by atomic mass is 10.2. The molecule has 1 saturated heterocycles. The molecule has 1 aromatic rings. The van der Waals surface area contributed by atoms with Gasteiger partial charge in [0.15, 0.2) is 0 Å². The molecule has 1 amide bonds. The van der Waals surface area contributed by atoms with E-state index in [2.05, 4.69) is 9.88 Å². The van der Waals surface area contributed by atoms with Gasteiger partial charge in [-0.05, 0) is 32.6 Å². The number of likely N-dealkylation sites (tertiary alicyclic amines) is 1. The lowest BCUT2D eigenvalue weighted by Crippen LogP contribution is -2.34.